The number of fused-ring (bicyclic) bond motifs is 1. The number of nitrogens with zero attached hydrogens (tertiary/aromatic N) is 6. The molecule has 1 aromatic carbocycles. The number of carbonyl (C=O) groups is 2. The second-order valence-electron chi connectivity index (χ2n) is 9.15. The molecule has 0 aliphatic carbocycles. The fraction of sp³-hybridized carbons (Fsp3) is 0.308. The number of hydrogen-bond donors (Lipinski definition) is 0. The van der Waals surface area contributed by atoms with Gasteiger partial charge in [0.1, 0.15) is 5.82 Å². The highest BCUT2D eigenvalue weighted by atomic mass is 32.1. The van der Waals surface area contributed by atoms with Crippen molar-refractivity contribution in [3.05, 3.63) is 70.9 Å². The van der Waals surface area contributed by atoms with Crippen LogP contribution in [0.1, 0.15) is 21.8 Å². The predicted molar refractivity (Wildman–Crippen MR) is 136 cm³/mol. The Labute approximate surface area is 207 Å². The van der Waals surface area contributed by atoms with Crippen LogP contribution >= 0.6 is 11.3 Å². The summed E-state index contributed by atoms with van der Waals surface area (Å²) in [7, 11) is 0. The maximum atomic E-state index is 13.0. The molecule has 6 rings (SSSR count). The van der Waals surface area contributed by atoms with Gasteiger partial charge >= 0.3 is 0 Å². The number of benzene rings is 1. The zero-order valence-electron chi connectivity index (χ0n) is 19.5. The number of piperazine rings is 1. The molecule has 1 unspecified atom stereocenters. The highest BCUT2D eigenvalue weighted by Crippen LogP contribution is 2.29. The lowest BCUT2D eigenvalue weighted by atomic mass is 10.2. The van der Waals surface area contributed by atoms with Crippen LogP contribution in [0.2, 0.25) is 0 Å². The van der Waals surface area contributed by atoms with E-state index in [1.54, 1.807) is 6.20 Å². The van der Waals surface area contributed by atoms with E-state index in [1.165, 1.54) is 11.3 Å². The SMILES string of the molecule is Cc1ccc(-n2ccc3cc(N4CC(N5CCN(C(=O)c6nccs6)CC5)CC4=O)ccc32)nc1. The summed E-state index contributed by atoms with van der Waals surface area (Å²) in [6.45, 7) is 5.57. The zero-order valence-corrected chi connectivity index (χ0v) is 20.3. The van der Waals surface area contributed by atoms with E-state index in [9.17, 15) is 9.59 Å². The van der Waals surface area contributed by atoms with E-state index in [0.29, 0.717) is 31.1 Å². The van der Waals surface area contributed by atoms with Crippen LogP contribution in [0.3, 0.4) is 0 Å². The first-order chi connectivity index (χ1) is 17.1. The number of rotatable bonds is 4. The molecule has 2 amide bonds. The summed E-state index contributed by atoms with van der Waals surface area (Å²) in [6, 6.07) is 12.5. The Bertz CT molecular complexity index is 1370. The standard InChI is InChI=1S/C26H26N6O2S/c1-18-2-5-23(28-16-18)31-8-6-19-14-20(3-4-22(19)31)32-17-21(15-24(32)33)29-9-11-30(12-10-29)26(34)25-27-7-13-35-25/h2-8,13-14,16,21H,9-12,15,17H2,1H3. The van der Waals surface area contributed by atoms with Crippen molar-refractivity contribution in [3.8, 4) is 5.82 Å². The van der Waals surface area contributed by atoms with Crippen LogP contribution in [-0.4, -0.2) is 74.9 Å². The molecule has 4 aromatic rings. The molecule has 0 bridgehead atoms. The third kappa shape index (κ3) is 4.11. The molecule has 8 nitrogen and oxygen atoms in total. The molecule has 0 radical (unpaired) electrons. The van der Waals surface area contributed by atoms with Crippen molar-refractivity contribution >= 4 is 39.7 Å². The molecule has 35 heavy (non-hydrogen) atoms. The summed E-state index contributed by atoms with van der Waals surface area (Å²) < 4.78 is 2.07. The van der Waals surface area contributed by atoms with E-state index >= 15 is 0 Å². The van der Waals surface area contributed by atoms with Crippen LogP contribution in [0, 0.1) is 6.92 Å². The largest absolute Gasteiger partial charge is 0.334 e. The van der Waals surface area contributed by atoms with Crippen LogP contribution in [0.25, 0.3) is 16.7 Å². The number of carbonyl (C=O) groups excluding carboxylic acids is 2. The Morgan fingerprint density at radius 3 is 2.66 bits per heavy atom. The van der Waals surface area contributed by atoms with E-state index in [4.69, 9.17) is 0 Å². The zero-order chi connectivity index (χ0) is 23.9. The van der Waals surface area contributed by atoms with Gasteiger partial charge < -0.3 is 14.4 Å². The summed E-state index contributed by atoms with van der Waals surface area (Å²) >= 11 is 1.38. The Balaban J connectivity index is 1.14. The summed E-state index contributed by atoms with van der Waals surface area (Å²) in [4.78, 5) is 40.3. The number of anilines is 1. The van der Waals surface area contributed by atoms with E-state index < -0.39 is 0 Å². The van der Waals surface area contributed by atoms with E-state index in [-0.39, 0.29) is 17.9 Å². The summed E-state index contributed by atoms with van der Waals surface area (Å²) in [5.41, 5.74) is 3.12. The number of amides is 2. The molecule has 2 aliphatic heterocycles. The molecule has 1 atom stereocenters. The number of pyridine rings is 1. The highest BCUT2D eigenvalue weighted by Gasteiger charge is 2.36. The number of hydrogen-bond acceptors (Lipinski definition) is 6. The lowest BCUT2D eigenvalue weighted by Crippen LogP contribution is -2.52. The second-order valence-corrected chi connectivity index (χ2v) is 10.0. The lowest BCUT2D eigenvalue weighted by Gasteiger charge is -2.37. The van der Waals surface area contributed by atoms with E-state index in [0.717, 1.165) is 41.1 Å². The maximum Gasteiger partial charge on any atom is 0.282 e. The molecule has 9 heteroatoms. The maximum absolute atomic E-state index is 13.0. The average Bonchev–Trinajstić information content (AvgIpc) is 3.64. The summed E-state index contributed by atoms with van der Waals surface area (Å²) in [6.07, 6.45) is 6.06. The molecule has 0 spiro atoms. The quantitative estimate of drug-likeness (QED) is 0.442. The van der Waals surface area contributed by atoms with Gasteiger partial charge in [-0.2, -0.15) is 0 Å². The first-order valence-corrected chi connectivity index (χ1v) is 12.7. The van der Waals surface area contributed by atoms with Gasteiger partial charge in [-0.1, -0.05) is 6.07 Å². The Hall–Kier alpha value is -3.56. The van der Waals surface area contributed by atoms with Gasteiger partial charge in [0.05, 0.1) is 5.52 Å². The first-order valence-electron chi connectivity index (χ1n) is 11.8. The van der Waals surface area contributed by atoms with Crippen molar-refractivity contribution < 1.29 is 9.59 Å². The van der Waals surface area contributed by atoms with Gasteiger partial charge in [-0.25, -0.2) is 9.97 Å². The normalized spacial score (nSPS) is 19.1. The van der Waals surface area contributed by atoms with Crippen molar-refractivity contribution in [2.45, 2.75) is 19.4 Å². The van der Waals surface area contributed by atoms with Crippen LogP contribution in [0.5, 0.6) is 0 Å². The van der Waals surface area contributed by atoms with Crippen LogP contribution in [0.4, 0.5) is 5.69 Å². The van der Waals surface area contributed by atoms with Crippen LogP contribution in [-0.2, 0) is 4.79 Å². The highest BCUT2D eigenvalue weighted by molar-refractivity contribution is 7.11. The fourth-order valence-corrected chi connectivity index (χ4v) is 5.64. The Kier molecular flexibility index (Phi) is 5.58. The minimum Gasteiger partial charge on any atom is -0.334 e. The molecular formula is C26H26N6O2S. The molecule has 0 saturated carbocycles. The van der Waals surface area contributed by atoms with Crippen molar-refractivity contribution in [1.82, 2.24) is 24.3 Å². The number of aryl methyl sites for hydroxylation is 1. The summed E-state index contributed by atoms with van der Waals surface area (Å²) in [5, 5.41) is 3.45. The van der Waals surface area contributed by atoms with Gasteiger partial charge in [0.25, 0.3) is 5.91 Å². The smallest absolute Gasteiger partial charge is 0.282 e. The molecular weight excluding hydrogens is 460 g/mol. The van der Waals surface area contributed by atoms with Gasteiger partial charge in [-0.3, -0.25) is 14.5 Å². The van der Waals surface area contributed by atoms with Gasteiger partial charge in [0, 0.05) is 80.2 Å². The van der Waals surface area contributed by atoms with Crippen molar-refractivity contribution in [2.24, 2.45) is 0 Å². The predicted octanol–water partition coefficient (Wildman–Crippen LogP) is 3.35. The average molecular weight is 487 g/mol. The minimum absolute atomic E-state index is 0.00449. The van der Waals surface area contributed by atoms with Gasteiger partial charge in [0.2, 0.25) is 5.91 Å². The van der Waals surface area contributed by atoms with Crippen molar-refractivity contribution in [2.75, 3.05) is 37.6 Å². The van der Waals surface area contributed by atoms with Gasteiger partial charge in [-0.15, -0.1) is 11.3 Å². The van der Waals surface area contributed by atoms with Gasteiger partial charge in [0.15, 0.2) is 5.01 Å². The van der Waals surface area contributed by atoms with Crippen LogP contribution < -0.4 is 4.90 Å². The molecule has 3 aromatic heterocycles. The number of thiazole rings is 1. The monoisotopic (exact) mass is 486 g/mol. The molecule has 178 valence electrons. The Morgan fingerprint density at radius 1 is 1.06 bits per heavy atom. The molecule has 2 aliphatic rings. The third-order valence-electron chi connectivity index (χ3n) is 6.97. The lowest BCUT2D eigenvalue weighted by molar-refractivity contribution is -0.117. The summed E-state index contributed by atoms with van der Waals surface area (Å²) in [5.74, 6) is 1.03. The topological polar surface area (TPSA) is 74.6 Å². The molecule has 0 N–H and O–H groups in total. The van der Waals surface area contributed by atoms with Crippen molar-refractivity contribution in [1.29, 1.82) is 0 Å². The third-order valence-corrected chi connectivity index (χ3v) is 7.73. The van der Waals surface area contributed by atoms with E-state index in [2.05, 4.69) is 43.7 Å². The number of aromatic nitrogens is 3. The van der Waals surface area contributed by atoms with E-state index in [1.807, 2.05) is 46.6 Å². The van der Waals surface area contributed by atoms with Gasteiger partial charge in [-0.05, 0) is 42.8 Å². The fourth-order valence-electron chi connectivity index (χ4n) is 5.04. The van der Waals surface area contributed by atoms with Crippen LogP contribution in [0.15, 0.2) is 60.4 Å². The minimum atomic E-state index is 0.00449. The molecule has 5 heterocycles. The molecule has 2 fully saturated rings. The molecule has 2 saturated heterocycles. The second kappa shape index (κ2) is 8.90. The Morgan fingerprint density at radius 2 is 1.91 bits per heavy atom. The first kappa shape index (κ1) is 21.9. The van der Waals surface area contributed by atoms with Crippen molar-refractivity contribution in [3.63, 3.8) is 0 Å².